The molecule has 1 N–H and O–H groups in total. The van der Waals surface area contributed by atoms with Crippen molar-refractivity contribution in [2.75, 3.05) is 31.0 Å². The molecular formula is C21H27FN2O3S. The fourth-order valence-corrected chi connectivity index (χ4v) is 4.33. The van der Waals surface area contributed by atoms with E-state index in [1.807, 2.05) is 13.8 Å². The number of sulfonamides is 1. The Hall–Kier alpha value is -1.96. The monoisotopic (exact) mass is 406 g/mol. The van der Waals surface area contributed by atoms with E-state index in [2.05, 4.69) is 16.5 Å². The van der Waals surface area contributed by atoms with E-state index in [-0.39, 0.29) is 16.7 Å². The molecule has 1 saturated heterocycles. The lowest BCUT2D eigenvalue weighted by Gasteiger charge is -2.32. The molecule has 0 bridgehead atoms. The minimum absolute atomic E-state index is 0.149. The maximum absolute atomic E-state index is 14.7. The number of benzene rings is 2. The fraction of sp³-hybridized carbons (Fsp3) is 0.429. The number of anilines is 1. The molecule has 0 aliphatic carbocycles. The van der Waals surface area contributed by atoms with Gasteiger partial charge < -0.3 is 4.74 Å². The second-order valence-corrected chi connectivity index (χ2v) is 9.00. The predicted molar refractivity (Wildman–Crippen MR) is 109 cm³/mol. The Balaban J connectivity index is 1.76. The Morgan fingerprint density at radius 1 is 1.21 bits per heavy atom. The maximum atomic E-state index is 14.7. The summed E-state index contributed by atoms with van der Waals surface area (Å²) >= 11 is 0. The third-order valence-corrected chi connectivity index (χ3v) is 6.45. The van der Waals surface area contributed by atoms with Crippen LogP contribution in [0.3, 0.4) is 0 Å². The van der Waals surface area contributed by atoms with Crippen LogP contribution in [0.15, 0.2) is 47.4 Å². The number of morpholine rings is 1. The van der Waals surface area contributed by atoms with Crippen molar-refractivity contribution in [2.24, 2.45) is 0 Å². The van der Waals surface area contributed by atoms with Gasteiger partial charge in [0, 0.05) is 18.7 Å². The van der Waals surface area contributed by atoms with Crippen LogP contribution in [0.25, 0.3) is 0 Å². The van der Waals surface area contributed by atoms with Crippen molar-refractivity contribution < 1.29 is 17.5 Å². The molecule has 1 atom stereocenters. The molecule has 0 spiro atoms. The van der Waals surface area contributed by atoms with E-state index in [4.69, 9.17) is 4.74 Å². The summed E-state index contributed by atoms with van der Waals surface area (Å²) in [5.41, 5.74) is 1.70. The summed E-state index contributed by atoms with van der Waals surface area (Å²) < 4.78 is 48.0. The van der Waals surface area contributed by atoms with Crippen LogP contribution >= 0.6 is 0 Å². The smallest absolute Gasteiger partial charge is 0.261 e. The van der Waals surface area contributed by atoms with E-state index in [1.54, 1.807) is 36.4 Å². The molecule has 0 amide bonds. The van der Waals surface area contributed by atoms with Crippen LogP contribution in [-0.4, -0.2) is 39.6 Å². The van der Waals surface area contributed by atoms with Gasteiger partial charge in [0.25, 0.3) is 10.0 Å². The number of hydrogen-bond acceptors (Lipinski definition) is 4. The van der Waals surface area contributed by atoms with Crippen molar-refractivity contribution >= 4 is 15.7 Å². The minimum atomic E-state index is -3.78. The molecule has 0 aromatic heterocycles. The number of likely N-dealkylation sites (N-methyl/N-ethyl adjacent to an activating group) is 1. The Bertz CT molecular complexity index is 914. The third kappa shape index (κ3) is 4.71. The molecule has 1 fully saturated rings. The summed E-state index contributed by atoms with van der Waals surface area (Å²) in [6, 6.07) is 11.1. The van der Waals surface area contributed by atoms with E-state index >= 15 is 0 Å². The van der Waals surface area contributed by atoms with Crippen LogP contribution in [0, 0.1) is 5.82 Å². The highest BCUT2D eigenvalue weighted by Gasteiger charge is 2.24. The van der Waals surface area contributed by atoms with Crippen molar-refractivity contribution in [2.45, 2.75) is 37.7 Å². The molecular weight excluding hydrogens is 379 g/mol. The van der Waals surface area contributed by atoms with Crippen molar-refractivity contribution in [1.82, 2.24) is 4.90 Å². The summed E-state index contributed by atoms with van der Waals surface area (Å²) in [5.74, 6) is -0.157. The number of nitrogens with zero attached hydrogens (tertiary/aromatic N) is 1. The first-order chi connectivity index (χ1) is 13.3. The van der Waals surface area contributed by atoms with Gasteiger partial charge in [-0.1, -0.05) is 39.0 Å². The average molecular weight is 407 g/mol. The number of nitrogens with one attached hydrogen (secondary N) is 1. The van der Waals surface area contributed by atoms with Crippen LogP contribution < -0.4 is 4.72 Å². The normalized spacial score (nSPS) is 18.4. The number of ether oxygens (including phenoxy) is 1. The van der Waals surface area contributed by atoms with Crippen molar-refractivity contribution in [3.8, 4) is 0 Å². The molecule has 0 radical (unpaired) electrons. The first-order valence-electron chi connectivity index (χ1n) is 9.56. The first kappa shape index (κ1) is 20.8. The Labute approximate surface area is 166 Å². The summed E-state index contributed by atoms with van der Waals surface area (Å²) in [6.45, 7) is 9.05. The Morgan fingerprint density at radius 3 is 2.54 bits per heavy atom. The molecule has 0 saturated carbocycles. The lowest BCUT2D eigenvalue weighted by atomic mass is 10.0. The predicted octanol–water partition coefficient (Wildman–Crippen LogP) is 4.14. The van der Waals surface area contributed by atoms with Gasteiger partial charge in [-0.25, -0.2) is 12.8 Å². The van der Waals surface area contributed by atoms with E-state index in [0.29, 0.717) is 24.6 Å². The molecule has 5 nitrogen and oxygen atoms in total. The molecule has 1 aliphatic heterocycles. The van der Waals surface area contributed by atoms with Crippen LogP contribution in [0.1, 0.15) is 43.9 Å². The number of hydrogen-bond donors (Lipinski definition) is 1. The average Bonchev–Trinajstić information content (AvgIpc) is 2.68. The van der Waals surface area contributed by atoms with Gasteiger partial charge >= 0.3 is 0 Å². The summed E-state index contributed by atoms with van der Waals surface area (Å²) in [4.78, 5) is 2.35. The van der Waals surface area contributed by atoms with Crippen LogP contribution in [-0.2, 0) is 14.8 Å². The molecule has 152 valence electrons. The topological polar surface area (TPSA) is 58.6 Å². The quantitative estimate of drug-likeness (QED) is 0.783. The van der Waals surface area contributed by atoms with Gasteiger partial charge in [-0.15, -0.1) is 0 Å². The second-order valence-electron chi connectivity index (χ2n) is 7.32. The Kier molecular flexibility index (Phi) is 6.37. The maximum Gasteiger partial charge on any atom is 0.261 e. The molecule has 3 rings (SSSR count). The Morgan fingerprint density at radius 2 is 1.93 bits per heavy atom. The van der Waals surface area contributed by atoms with E-state index < -0.39 is 15.8 Å². The highest BCUT2D eigenvalue weighted by atomic mass is 32.2. The van der Waals surface area contributed by atoms with Crippen LogP contribution in [0.5, 0.6) is 0 Å². The van der Waals surface area contributed by atoms with E-state index in [1.165, 1.54) is 6.07 Å². The fourth-order valence-electron chi connectivity index (χ4n) is 3.28. The van der Waals surface area contributed by atoms with Gasteiger partial charge in [0.1, 0.15) is 5.82 Å². The summed E-state index contributed by atoms with van der Waals surface area (Å²) in [5, 5.41) is 0. The zero-order chi connectivity index (χ0) is 20.3. The lowest BCUT2D eigenvalue weighted by molar-refractivity contribution is -0.0297. The van der Waals surface area contributed by atoms with Gasteiger partial charge in [-0.05, 0) is 42.3 Å². The first-order valence-corrected chi connectivity index (χ1v) is 11.0. The molecule has 2 aromatic rings. The third-order valence-electron chi connectivity index (χ3n) is 5.05. The molecule has 1 unspecified atom stereocenters. The molecule has 2 aromatic carbocycles. The highest BCUT2D eigenvalue weighted by molar-refractivity contribution is 7.92. The second kappa shape index (κ2) is 8.59. The molecule has 28 heavy (non-hydrogen) atoms. The number of halogens is 1. The highest BCUT2D eigenvalue weighted by Crippen LogP contribution is 2.27. The van der Waals surface area contributed by atoms with Crippen molar-refractivity contribution in [3.05, 3.63) is 59.4 Å². The SMILES string of the molecule is CCN1CCOC(c2ccc(NS(=O)(=O)c3ccc(C(C)C)cc3)cc2F)C1. The van der Waals surface area contributed by atoms with Crippen LogP contribution in [0.4, 0.5) is 10.1 Å². The van der Waals surface area contributed by atoms with Crippen molar-refractivity contribution in [1.29, 1.82) is 0 Å². The van der Waals surface area contributed by atoms with Gasteiger partial charge in [0.05, 0.1) is 23.3 Å². The van der Waals surface area contributed by atoms with Gasteiger partial charge in [-0.2, -0.15) is 0 Å². The number of rotatable bonds is 6. The lowest BCUT2D eigenvalue weighted by Crippen LogP contribution is -2.38. The zero-order valence-electron chi connectivity index (χ0n) is 16.5. The van der Waals surface area contributed by atoms with Crippen molar-refractivity contribution in [3.63, 3.8) is 0 Å². The largest absolute Gasteiger partial charge is 0.371 e. The van der Waals surface area contributed by atoms with Gasteiger partial charge in [0.15, 0.2) is 0 Å². The van der Waals surface area contributed by atoms with Gasteiger partial charge in [-0.3, -0.25) is 9.62 Å². The zero-order valence-corrected chi connectivity index (χ0v) is 17.3. The minimum Gasteiger partial charge on any atom is -0.371 e. The van der Waals surface area contributed by atoms with E-state index in [0.717, 1.165) is 18.7 Å². The van der Waals surface area contributed by atoms with Gasteiger partial charge in [0.2, 0.25) is 0 Å². The standard InChI is InChI=1S/C21H27FN2O3S/c1-4-24-11-12-27-21(14-24)19-10-7-17(13-20(19)22)23-28(25,26)18-8-5-16(6-9-18)15(2)3/h5-10,13,15,21,23H,4,11-12,14H2,1-3H3. The van der Waals surface area contributed by atoms with E-state index in [9.17, 15) is 12.8 Å². The van der Waals surface area contributed by atoms with Crippen LogP contribution in [0.2, 0.25) is 0 Å². The molecule has 7 heteroatoms. The summed E-state index contributed by atoms with van der Waals surface area (Å²) in [6.07, 6.45) is -0.345. The molecule has 1 aliphatic rings. The molecule has 1 heterocycles. The summed E-state index contributed by atoms with van der Waals surface area (Å²) in [7, 11) is -3.78.